The number of hydrogen-bond donors (Lipinski definition) is 1. The summed E-state index contributed by atoms with van der Waals surface area (Å²) < 4.78 is 11.9. The predicted octanol–water partition coefficient (Wildman–Crippen LogP) is 2.08. The van der Waals surface area contributed by atoms with Gasteiger partial charge in [-0.15, -0.1) is 0 Å². The minimum atomic E-state index is -0.394. The summed E-state index contributed by atoms with van der Waals surface area (Å²) in [6.45, 7) is 3.96. The number of esters is 1. The first kappa shape index (κ1) is 15.1. The second kappa shape index (κ2) is 6.41. The summed E-state index contributed by atoms with van der Waals surface area (Å²) in [6, 6.07) is 5.35. The lowest BCUT2D eigenvalue weighted by Crippen LogP contribution is -2.12. The van der Waals surface area contributed by atoms with Crippen LogP contribution >= 0.6 is 0 Å². The molecule has 112 valence electrons. The van der Waals surface area contributed by atoms with Crippen LogP contribution in [0, 0.1) is 0 Å². The molecule has 0 saturated carbocycles. The van der Waals surface area contributed by atoms with Gasteiger partial charge in [0.05, 0.1) is 31.2 Å². The Hall–Kier alpha value is -2.34. The summed E-state index contributed by atoms with van der Waals surface area (Å²) in [4.78, 5) is 11.7. The molecule has 0 bridgehead atoms. The van der Waals surface area contributed by atoms with Crippen LogP contribution in [0.3, 0.4) is 0 Å². The highest BCUT2D eigenvalue weighted by molar-refractivity contribution is 5.88. The zero-order valence-electron chi connectivity index (χ0n) is 12.4. The van der Waals surface area contributed by atoms with Crippen molar-refractivity contribution in [1.29, 1.82) is 0 Å². The van der Waals surface area contributed by atoms with Gasteiger partial charge in [0, 0.05) is 17.8 Å². The number of hydrogen-bond acceptors (Lipinski definition) is 5. The molecule has 0 aliphatic heterocycles. The average Bonchev–Trinajstić information content (AvgIpc) is 2.96. The molecule has 0 amide bonds. The van der Waals surface area contributed by atoms with Crippen LogP contribution in [0.2, 0.25) is 0 Å². The smallest absolute Gasteiger partial charge is 0.341 e. The summed E-state index contributed by atoms with van der Waals surface area (Å²) in [7, 11) is 1.60. The van der Waals surface area contributed by atoms with Crippen LogP contribution in [-0.2, 0) is 4.74 Å². The molecule has 1 aromatic heterocycles. The lowest BCUT2D eigenvalue weighted by molar-refractivity contribution is 0.0526. The van der Waals surface area contributed by atoms with Gasteiger partial charge < -0.3 is 15.2 Å². The summed E-state index contributed by atoms with van der Waals surface area (Å²) in [5.41, 5.74) is 8.04. The Balaban J connectivity index is 2.45. The van der Waals surface area contributed by atoms with E-state index in [9.17, 15) is 4.79 Å². The van der Waals surface area contributed by atoms with Gasteiger partial charge in [0.15, 0.2) is 0 Å². The normalized spacial score (nSPS) is 12.0. The van der Waals surface area contributed by atoms with Crippen LogP contribution in [-0.4, -0.2) is 29.5 Å². The number of nitrogens with zero attached hydrogens (tertiary/aromatic N) is 2. The first-order valence-corrected chi connectivity index (χ1v) is 6.73. The third-order valence-electron chi connectivity index (χ3n) is 3.06. The van der Waals surface area contributed by atoms with Crippen LogP contribution < -0.4 is 10.5 Å². The molecule has 6 heteroatoms. The fourth-order valence-electron chi connectivity index (χ4n) is 2.14. The molecule has 0 aliphatic rings. The second-order valence-electron chi connectivity index (χ2n) is 4.58. The topological polar surface area (TPSA) is 79.4 Å². The zero-order chi connectivity index (χ0) is 15.4. The van der Waals surface area contributed by atoms with E-state index in [-0.39, 0.29) is 6.04 Å². The molecule has 21 heavy (non-hydrogen) atoms. The van der Waals surface area contributed by atoms with E-state index in [1.54, 1.807) is 24.9 Å². The highest BCUT2D eigenvalue weighted by atomic mass is 16.5. The van der Waals surface area contributed by atoms with Gasteiger partial charge in [-0.1, -0.05) is 6.07 Å². The van der Waals surface area contributed by atoms with Crippen LogP contribution in [0.5, 0.6) is 5.75 Å². The number of carbonyl (C=O) groups excluding carboxylic acids is 1. The van der Waals surface area contributed by atoms with Crippen molar-refractivity contribution in [2.24, 2.45) is 5.73 Å². The van der Waals surface area contributed by atoms with E-state index in [1.807, 2.05) is 25.1 Å². The number of benzene rings is 1. The molecule has 2 N–H and O–H groups in total. The van der Waals surface area contributed by atoms with Crippen LogP contribution in [0.4, 0.5) is 0 Å². The molecular formula is C15H19N3O3. The monoisotopic (exact) mass is 289 g/mol. The molecule has 1 atom stereocenters. The van der Waals surface area contributed by atoms with Gasteiger partial charge in [0.2, 0.25) is 0 Å². The van der Waals surface area contributed by atoms with Crippen molar-refractivity contribution in [1.82, 2.24) is 9.78 Å². The molecule has 1 heterocycles. The van der Waals surface area contributed by atoms with Crippen molar-refractivity contribution >= 4 is 5.97 Å². The minimum absolute atomic E-state index is 0.230. The summed E-state index contributed by atoms with van der Waals surface area (Å²) in [5.74, 6) is 0.296. The molecule has 0 unspecified atom stereocenters. The van der Waals surface area contributed by atoms with Gasteiger partial charge in [0.25, 0.3) is 0 Å². The maximum Gasteiger partial charge on any atom is 0.341 e. The Labute approximate surface area is 123 Å². The van der Waals surface area contributed by atoms with E-state index < -0.39 is 5.97 Å². The highest BCUT2D eigenvalue weighted by Crippen LogP contribution is 2.29. The molecule has 6 nitrogen and oxygen atoms in total. The van der Waals surface area contributed by atoms with Crippen molar-refractivity contribution in [3.8, 4) is 11.4 Å². The molecular weight excluding hydrogens is 270 g/mol. The molecule has 0 aliphatic carbocycles. The number of ether oxygens (including phenoxy) is 2. The first-order valence-electron chi connectivity index (χ1n) is 6.73. The van der Waals surface area contributed by atoms with E-state index in [0.29, 0.717) is 17.9 Å². The van der Waals surface area contributed by atoms with Gasteiger partial charge in [-0.2, -0.15) is 5.10 Å². The number of carbonyl (C=O) groups is 1. The van der Waals surface area contributed by atoms with Crippen molar-refractivity contribution in [2.45, 2.75) is 19.9 Å². The predicted molar refractivity (Wildman–Crippen MR) is 78.7 cm³/mol. The number of nitrogens with two attached hydrogens (primary N) is 1. The average molecular weight is 289 g/mol. The molecule has 1 aromatic carbocycles. The largest absolute Gasteiger partial charge is 0.496 e. The van der Waals surface area contributed by atoms with E-state index in [1.165, 1.54) is 6.20 Å². The van der Waals surface area contributed by atoms with Gasteiger partial charge in [-0.3, -0.25) is 0 Å². The molecule has 0 fully saturated rings. The van der Waals surface area contributed by atoms with Crippen molar-refractivity contribution in [2.75, 3.05) is 13.7 Å². The van der Waals surface area contributed by atoms with E-state index in [2.05, 4.69) is 5.10 Å². The van der Waals surface area contributed by atoms with E-state index in [0.717, 1.165) is 11.3 Å². The molecule has 2 rings (SSSR count). The summed E-state index contributed by atoms with van der Waals surface area (Å²) in [5, 5.41) is 4.21. The number of methoxy groups -OCH3 is 1. The first-order chi connectivity index (χ1) is 10.1. The number of rotatable bonds is 5. The second-order valence-corrected chi connectivity index (χ2v) is 4.58. The van der Waals surface area contributed by atoms with Gasteiger partial charge >= 0.3 is 5.97 Å². The highest BCUT2D eigenvalue weighted by Gasteiger charge is 2.17. The molecule has 2 aromatic rings. The maximum atomic E-state index is 11.7. The fourth-order valence-corrected chi connectivity index (χ4v) is 2.14. The van der Waals surface area contributed by atoms with Gasteiger partial charge in [0.1, 0.15) is 5.75 Å². The Morgan fingerprint density at radius 3 is 2.86 bits per heavy atom. The fraction of sp³-hybridized carbons (Fsp3) is 0.333. The Morgan fingerprint density at radius 1 is 1.48 bits per heavy atom. The number of aromatic nitrogens is 2. The zero-order valence-corrected chi connectivity index (χ0v) is 12.4. The lowest BCUT2D eigenvalue weighted by atomic mass is 10.1. The Morgan fingerprint density at radius 2 is 2.24 bits per heavy atom. The van der Waals surface area contributed by atoms with Crippen molar-refractivity contribution in [3.05, 3.63) is 41.7 Å². The lowest BCUT2D eigenvalue weighted by Gasteiger charge is -2.16. The van der Waals surface area contributed by atoms with Gasteiger partial charge in [-0.25, -0.2) is 9.48 Å². The van der Waals surface area contributed by atoms with E-state index in [4.69, 9.17) is 15.2 Å². The van der Waals surface area contributed by atoms with Crippen molar-refractivity contribution < 1.29 is 14.3 Å². The Kier molecular flexibility index (Phi) is 4.59. The summed E-state index contributed by atoms with van der Waals surface area (Å²) in [6.07, 6.45) is 3.10. The third-order valence-corrected chi connectivity index (χ3v) is 3.06. The van der Waals surface area contributed by atoms with E-state index >= 15 is 0 Å². The van der Waals surface area contributed by atoms with Gasteiger partial charge in [-0.05, 0) is 26.0 Å². The van der Waals surface area contributed by atoms with Crippen LogP contribution in [0.15, 0.2) is 30.6 Å². The van der Waals surface area contributed by atoms with Crippen LogP contribution in [0.25, 0.3) is 5.69 Å². The van der Waals surface area contributed by atoms with Crippen molar-refractivity contribution in [3.63, 3.8) is 0 Å². The standard InChI is InChI=1S/C15H19N3O3/c1-4-21-15(19)11-8-17-18(9-11)12-6-5-7-13(20-3)14(12)10(2)16/h5-10H,4,16H2,1-3H3/t10-/m0/s1. The maximum absolute atomic E-state index is 11.7. The minimum Gasteiger partial charge on any atom is -0.496 e. The molecule has 0 saturated heterocycles. The molecule has 0 radical (unpaired) electrons. The quantitative estimate of drug-likeness (QED) is 0.852. The molecule has 0 spiro atoms. The Bertz CT molecular complexity index is 635. The summed E-state index contributed by atoms with van der Waals surface area (Å²) >= 11 is 0. The third kappa shape index (κ3) is 3.05. The van der Waals surface area contributed by atoms with Crippen LogP contribution in [0.1, 0.15) is 35.8 Å². The SMILES string of the molecule is CCOC(=O)c1cnn(-c2cccc(OC)c2[C@H](C)N)c1.